The number of hydrogen-bond acceptors (Lipinski definition) is 5. The van der Waals surface area contributed by atoms with Crippen LogP contribution in [-0.2, 0) is 11.2 Å². The van der Waals surface area contributed by atoms with Crippen molar-refractivity contribution in [3.05, 3.63) is 47.6 Å². The molecule has 1 fully saturated rings. The second kappa shape index (κ2) is 7.57. The van der Waals surface area contributed by atoms with Crippen LogP contribution in [0.3, 0.4) is 0 Å². The van der Waals surface area contributed by atoms with Gasteiger partial charge in [0.25, 0.3) is 0 Å². The Labute approximate surface area is 141 Å². The monoisotopic (exact) mass is 328 g/mol. The van der Waals surface area contributed by atoms with E-state index in [2.05, 4.69) is 15.5 Å². The van der Waals surface area contributed by atoms with Crippen LogP contribution in [0.1, 0.15) is 55.9 Å². The van der Waals surface area contributed by atoms with E-state index in [9.17, 15) is 4.79 Å². The molecule has 6 nitrogen and oxygen atoms in total. The molecular formula is C18H24N4O2. The highest BCUT2D eigenvalue weighted by Crippen LogP contribution is 2.24. The van der Waals surface area contributed by atoms with Crippen molar-refractivity contribution in [3.63, 3.8) is 0 Å². The van der Waals surface area contributed by atoms with Gasteiger partial charge in [0.2, 0.25) is 11.8 Å². The normalized spacial score (nSPS) is 22.1. The Morgan fingerprint density at radius 1 is 1.38 bits per heavy atom. The molecule has 128 valence electrons. The van der Waals surface area contributed by atoms with Crippen LogP contribution in [0.5, 0.6) is 0 Å². The maximum Gasteiger partial charge on any atom is 0.231 e. The first-order valence-electron chi connectivity index (χ1n) is 8.54. The zero-order valence-corrected chi connectivity index (χ0v) is 13.9. The molecule has 0 spiro atoms. The molecule has 24 heavy (non-hydrogen) atoms. The molecule has 1 aromatic heterocycles. The number of rotatable bonds is 5. The minimum atomic E-state index is -0.274. The van der Waals surface area contributed by atoms with Crippen LogP contribution in [0, 0.1) is 5.92 Å². The summed E-state index contributed by atoms with van der Waals surface area (Å²) in [6.45, 7) is 1.87. The van der Waals surface area contributed by atoms with Crippen LogP contribution in [0.15, 0.2) is 34.9 Å². The minimum Gasteiger partial charge on any atom is -0.346 e. The molecule has 1 aliphatic rings. The molecule has 1 aliphatic carbocycles. The average molecular weight is 328 g/mol. The molecule has 0 aliphatic heterocycles. The Morgan fingerprint density at radius 3 is 2.92 bits per heavy atom. The molecule has 3 unspecified atom stereocenters. The first kappa shape index (κ1) is 16.6. The third-order valence-corrected chi connectivity index (χ3v) is 4.51. The van der Waals surface area contributed by atoms with Crippen molar-refractivity contribution in [2.45, 2.75) is 51.1 Å². The Balaban J connectivity index is 1.57. The number of carbonyl (C=O) groups excluding carboxylic acids is 1. The zero-order valence-electron chi connectivity index (χ0n) is 13.9. The summed E-state index contributed by atoms with van der Waals surface area (Å²) in [5.74, 6) is 1.09. The fraction of sp³-hybridized carbons (Fsp3) is 0.500. The summed E-state index contributed by atoms with van der Waals surface area (Å²) in [6, 6.07) is 9.81. The van der Waals surface area contributed by atoms with Gasteiger partial charge in [0.05, 0.1) is 12.5 Å². The molecular weight excluding hydrogens is 304 g/mol. The molecule has 1 heterocycles. The molecule has 1 saturated carbocycles. The molecule has 3 atom stereocenters. The first-order chi connectivity index (χ1) is 11.6. The van der Waals surface area contributed by atoms with Gasteiger partial charge in [0, 0.05) is 12.0 Å². The van der Waals surface area contributed by atoms with Crippen LogP contribution in [0.2, 0.25) is 0 Å². The predicted octanol–water partition coefficient (Wildman–Crippen LogP) is 2.36. The number of nitrogens with one attached hydrogen (secondary N) is 1. The fourth-order valence-electron chi connectivity index (χ4n) is 3.15. The highest BCUT2D eigenvalue weighted by Gasteiger charge is 2.27. The van der Waals surface area contributed by atoms with Gasteiger partial charge in [-0.15, -0.1) is 0 Å². The van der Waals surface area contributed by atoms with Crippen molar-refractivity contribution in [1.29, 1.82) is 0 Å². The van der Waals surface area contributed by atoms with E-state index in [1.807, 2.05) is 37.3 Å². The van der Waals surface area contributed by atoms with E-state index in [1.54, 1.807) is 0 Å². The third kappa shape index (κ3) is 4.20. The van der Waals surface area contributed by atoms with Gasteiger partial charge in [0.15, 0.2) is 5.82 Å². The number of nitrogens with two attached hydrogens (primary N) is 1. The van der Waals surface area contributed by atoms with Crippen LogP contribution >= 0.6 is 0 Å². The first-order valence-corrected chi connectivity index (χ1v) is 8.54. The summed E-state index contributed by atoms with van der Waals surface area (Å²) in [4.78, 5) is 16.8. The number of aromatic nitrogens is 2. The molecule has 0 saturated heterocycles. The number of nitrogens with zero attached hydrogens (tertiary/aromatic N) is 2. The van der Waals surface area contributed by atoms with E-state index in [4.69, 9.17) is 10.3 Å². The molecule has 1 aromatic carbocycles. The third-order valence-electron chi connectivity index (χ3n) is 4.51. The Kier molecular flexibility index (Phi) is 5.25. The van der Waals surface area contributed by atoms with E-state index in [-0.39, 0.29) is 23.9 Å². The number of hydrogen-bond donors (Lipinski definition) is 2. The summed E-state index contributed by atoms with van der Waals surface area (Å²) in [5.41, 5.74) is 7.07. The molecule has 0 radical (unpaired) electrons. The Bertz CT molecular complexity index is 671. The average Bonchev–Trinajstić information content (AvgIpc) is 3.04. The van der Waals surface area contributed by atoms with Crippen LogP contribution in [0.25, 0.3) is 0 Å². The van der Waals surface area contributed by atoms with Crippen molar-refractivity contribution in [1.82, 2.24) is 15.5 Å². The quantitative estimate of drug-likeness (QED) is 0.878. The van der Waals surface area contributed by atoms with Crippen LogP contribution in [0.4, 0.5) is 0 Å². The van der Waals surface area contributed by atoms with Gasteiger partial charge in [-0.1, -0.05) is 41.9 Å². The number of benzene rings is 1. The molecule has 2 aromatic rings. The fourth-order valence-corrected chi connectivity index (χ4v) is 3.15. The van der Waals surface area contributed by atoms with Gasteiger partial charge in [-0.05, 0) is 31.7 Å². The standard InChI is InChI=1S/C18H24N4O2/c1-12(20-18(23)14-8-5-9-15(19)11-14)17-21-16(24-22-17)10-13-6-3-2-4-7-13/h2-4,6-7,12,14-15H,5,8-11,19H2,1H3,(H,20,23). The van der Waals surface area contributed by atoms with E-state index in [0.717, 1.165) is 31.2 Å². The van der Waals surface area contributed by atoms with Crippen molar-refractivity contribution in [2.75, 3.05) is 0 Å². The van der Waals surface area contributed by atoms with Crippen molar-refractivity contribution < 1.29 is 9.32 Å². The zero-order chi connectivity index (χ0) is 16.9. The lowest BCUT2D eigenvalue weighted by Gasteiger charge is -2.26. The van der Waals surface area contributed by atoms with E-state index in [0.29, 0.717) is 18.1 Å². The SMILES string of the molecule is CC(NC(=O)C1CCCC(N)C1)c1noc(Cc2ccccc2)n1. The second-order valence-electron chi connectivity index (χ2n) is 6.56. The molecule has 1 amide bonds. The summed E-state index contributed by atoms with van der Waals surface area (Å²) in [7, 11) is 0. The van der Waals surface area contributed by atoms with Crippen LogP contribution < -0.4 is 11.1 Å². The van der Waals surface area contributed by atoms with Gasteiger partial charge < -0.3 is 15.6 Å². The lowest BCUT2D eigenvalue weighted by atomic mass is 9.85. The molecule has 6 heteroatoms. The second-order valence-corrected chi connectivity index (χ2v) is 6.56. The summed E-state index contributed by atoms with van der Waals surface area (Å²) >= 11 is 0. The smallest absolute Gasteiger partial charge is 0.231 e. The number of amides is 1. The Hall–Kier alpha value is -2.21. The maximum absolute atomic E-state index is 12.4. The lowest BCUT2D eigenvalue weighted by molar-refractivity contribution is -0.126. The summed E-state index contributed by atoms with van der Waals surface area (Å²) < 4.78 is 5.30. The van der Waals surface area contributed by atoms with Gasteiger partial charge in [-0.3, -0.25) is 4.79 Å². The van der Waals surface area contributed by atoms with E-state index in [1.165, 1.54) is 0 Å². The molecule has 3 rings (SSSR count). The molecule has 0 bridgehead atoms. The summed E-state index contributed by atoms with van der Waals surface area (Å²) in [6.07, 6.45) is 4.26. The highest BCUT2D eigenvalue weighted by molar-refractivity contribution is 5.79. The highest BCUT2D eigenvalue weighted by atomic mass is 16.5. The minimum absolute atomic E-state index is 0.00751. The van der Waals surface area contributed by atoms with Gasteiger partial charge in [-0.25, -0.2) is 0 Å². The van der Waals surface area contributed by atoms with Crippen LogP contribution in [-0.4, -0.2) is 22.1 Å². The van der Waals surface area contributed by atoms with Gasteiger partial charge in [0.1, 0.15) is 0 Å². The largest absolute Gasteiger partial charge is 0.346 e. The van der Waals surface area contributed by atoms with E-state index < -0.39 is 0 Å². The topological polar surface area (TPSA) is 94.0 Å². The molecule has 3 N–H and O–H groups in total. The Morgan fingerprint density at radius 2 is 2.17 bits per heavy atom. The van der Waals surface area contributed by atoms with Crippen molar-refractivity contribution >= 4 is 5.91 Å². The van der Waals surface area contributed by atoms with Crippen molar-refractivity contribution in [3.8, 4) is 0 Å². The summed E-state index contributed by atoms with van der Waals surface area (Å²) in [5, 5.41) is 6.98. The van der Waals surface area contributed by atoms with Gasteiger partial charge in [-0.2, -0.15) is 4.98 Å². The van der Waals surface area contributed by atoms with E-state index >= 15 is 0 Å². The lowest BCUT2D eigenvalue weighted by Crippen LogP contribution is -2.38. The van der Waals surface area contributed by atoms with Gasteiger partial charge >= 0.3 is 0 Å². The number of carbonyl (C=O) groups is 1. The predicted molar refractivity (Wildman–Crippen MR) is 90.0 cm³/mol. The van der Waals surface area contributed by atoms with Crippen molar-refractivity contribution in [2.24, 2.45) is 11.7 Å². The maximum atomic E-state index is 12.4.